The Labute approximate surface area is 129 Å². The van der Waals surface area contributed by atoms with Gasteiger partial charge in [0.05, 0.1) is 0 Å². The molecule has 1 unspecified atom stereocenters. The van der Waals surface area contributed by atoms with E-state index in [1.807, 2.05) is 23.6 Å². The van der Waals surface area contributed by atoms with Gasteiger partial charge in [0, 0.05) is 28.2 Å². The van der Waals surface area contributed by atoms with Gasteiger partial charge in [-0.3, -0.25) is 0 Å². The highest BCUT2D eigenvalue weighted by atomic mass is 35.5. The molecular weight excluding hydrogens is 292 g/mol. The average molecular weight is 311 g/mol. The number of benzene rings is 1. The summed E-state index contributed by atoms with van der Waals surface area (Å²) in [4.78, 5) is 4.22. The molecule has 0 saturated carbocycles. The van der Waals surface area contributed by atoms with Gasteiger partial charge < -0.3 is 10.1 Å². The molecule has 0 saturated heterocycles. The molecule has 20 heavy (non-hydrogen) atoms. The molecule has 0 bridgehead atoms. The molecular formula is C15H19ClN2OS. The third-order valence-electron chi connectivity index (χ3n) is 2.97. The molecule has 1 atom stereocenters. The lowest BCUT2D eigenvalue weighted by molar-refractivity contribution is 0.299. The second-order valence-electron chi connectivity index (χ2n) is 4.57. The molecule has 0 amide bonds. The molecule has 0 fully saturated rings. The summed E-state index contributed by atoms with van der Waals surface area (Å²) in [6.45, 7) is 5.74. The number of hydrogen-bond donors (Lipinski definition) is 1. The quantitative estimate of drug-likeness (QED) is 0.821. The fourth-order valence-corrected chi connectivity index (χ4v) is 2.63. The second-order valence-corrected chi connectivity index (χ2v) is 5.99. The topological polar surface area (TPSA) is 34.1 Å². The Bertz CT molecular complexity index is 531. The van der Waals surface area contributed by atoms with Crippen molar-refractivity contribution in [1.29, 1.82) is 0 Å². The Morgan fingerprint density at radius 2 is 2.30 bits per heavy atom. The van der Waals surface area contributed by atoms with Gasteiger partial charge >= 0.3 is 0 Å². The summed E-state index contributed by atoms with van der Waals surface area (Å²) in [6, 6.07) is 5.95. The van der Waals surface area contributed by atoms with Crippen molar-refractivity contribution in [2.24, 2.45) is 0 Å². The minimum Gasteiger partial charge on any atom is -0.486 e. The van der Waals surface area contributed by atoms with Crippen molar-refractivity contribution in [1.82, 2.24) is 10.3 Å². The molecule has 1 aromatic carbocycles. The fraction of sp³-hybridized carbons (Fsp3) is 0.400. The van der Waals surface area contributed by atoms with Crippen molar-refractivity contribution in [3.8, 4) is 5.75 Å². The maximum absolute atomic E-state index is 6.10. The van der Waals surface area contributed by atoms with Crippen molar-refractivity contribution in [3.05, 3.63) is 45.4 Å². The summed E-state index contributed by atoms with van der Waals surface area (Å²) < 4.78 is 5.89. The summed E-state index contributed by atoms with van der Waals surface area (Å²) >= 11 is 7.70. The number of nitrogens with one attached hydrogen (secondary N) is 1. The zero-order chi connectivity index (χ0) is 14.4. The lowest BCUT2D eigenvalue weighted by Gasteiger charge is -2.18. The van der Waals surface area contributed by atoms with Gasteiger partial charge in [0.25, 0.3) is 0 Å². The Morgan fingerprint density at radius 1 is 1.45 bits per heavy atom. The summed E-state index contributed by atoms with van der Waals surface area (Å²) in [5.74, 6) is 0.862. The molecule has 1 heterocycles. The van der Waals surface area contributed by atoms with Gasteiger partial charge in [-0.05, 0) is 38.1 Å². The van der Waals surface area contributed by atoms with Crippen LogP contribution >= 0.6 is 22.9 Å². The van der Waals surface area contributed by atoms with Gasteiger partial charge in [0.2, 0.25) is 0 Å². The highest BCUT2D eigenvalue weighted by Gasteiger charge is 2.12. The smallest absolute Gasteiger partial charge is 0.140 e. The highest BCUT2D eigenvalue weighted by molar-refractivity contribution is 7.09. The third-order valence-corrected chi connectivity index (χ3v) is 3.96. The Kier molecular flexibility index (Phi) is 5.83. The first-order valence-corrected chi connectivity index (χ1v) is 8.00. The van der Waals surface area contributed by atoms with E-state index in [-0.39, 0.29) is 6.04 Å². The molecule has 0 aliphatic heterocycles. The number of aromatic nitrogens is 1. The van der Waals surface area contributed by atoms with E-state index in [1.165, 1.54) is 0 Å². The average Bonchev–Trinajstić information content (AvgIpc) is 2.96. The maximum atomic E-state index is 6.10. The fourth-order valence-electron chi connectivity index (χ4n) is 1.92. The summed E-state index contributed by atoms with van der Waals surface area (Å²) in [7, 11) is 0. The van der Waals surface area contributed by atoms with Crippen LogP contribution in [0, 0.1) is 0 Å². The standard InChI is InChI=1S/C15H19ClN2OS/c1-3-6-17-11(2)13-9-12(16)4-5-14(13)19-10-15-18-7-8-20-15/h4-5,7-9,11,17H,3,6,10H2,1-2H3. The van der Waals surface area contributed by atoms with E-state index in [2.05, 4.69) is 24.1 Å². The molecule has 2 rings (SSSR count). The molecule has 0 radical (unpaired) electrons. The van der Waals surface area contributed by atoms with Gasteiger partial charge in [-0.25, -0.2) is 4.98 Å². The highest BCUT2D eigenvalue weighted by Crippen LogP contribution is 2.29. The van der Waals surface area contributed by atoms with E-state index in [1.54, 1.807) is 17.5 Å². The SMILES string of the molecule is CCCNC(C)c1cc(Cl)ccc1OCc1nccs1. The summed E-state index contributed by atoms with van der Waals surface area (Å²) in [6.07, 6.45) is 2.89. The van der Waals surface area contributed by atoms with Crippen molar-refractivity contribution < 1.29 is 4.74 Å². The van der Waals surface area contributed by atoms with E-state index < -0.39 is 0 Å². The molecule has 108 valence electrons. The van der Waals surface area contributed by atoms with Crippen LogP contribution in [-0.4, -0.2) is 11.5 Å². The third kappa shape index (κ3) is 4.20. The van der Waals surface area contributed by atoms with Crippen LogP contribution in [0.2, 0.25) is 5.02 Å². The minimum atomic E-state index is 0.208. The van der Waals surface area contributed by atoms with Crippen molar-refractivity contribution in [2.75, 3.05) is 6.54 Å². The van der Waals surface area contributed by atoms with Gasteiger partial charge in [-0.1, -0.05) is 18.5 Å². The lowest BCUT2D eigenvalue weighted by Crippen LogP contribution is -2.20. The minimum absolute atomic E-state index is 0.208. The molecule has 1 N–H and O–H groups in total. The number of hydrogen-bond acceptors (Lipinski definition) is 4. The number of nitrogens with zero attached hydrogens (tertiary/aromatic N) is 1. The van der Waals surface area contributed by atoms with E-state index >= 15 is 0 Å². The first-order valence-electron chi connectivity index (χ1n) is 6.74. The van der Waals surface area contributed by atoms with Gasteiger partial charge in [-0.2, -0.15) is 0 Å². The van der Waals surface area contributed by atoms with E-state index in [9.17, 15) is 0 Å². The van der Waals surface area contributed by atoms with Crippen LogP contribution in [0.5, 0.6) is 5.75 Å². The summed E-state index contributed by atoms with van der Waals surface area (Å²) in [5.41, 5.74) is 1.09. The van der Waals surface area contributed by atoms with Crippen molar-refractivity contribution >= 4 is 22.9 Å². The van der Waals surface area contributed by atoms with Crippen molar-refractivity contribution in [2.45, 2.75) is 32.9 Å². The van der Waals surface area contributed by atoms with Crippen LogP contribution in [0.3, 0.4) is 0 Å². The van der Waals surface area contributed by atoms with Crippen LogP contribution in [0.15, 0.2) is 29.8 Å². The molecule has 0 aliphatic rings. The van der Waals surface area contributed by atoms with Crippen LogP contribution < -0.4 is 10.1 Å². The van der Waals surface area contributed by atoms with Gasteiger partial charge in [-0.15, -0.1) is 11.3 Å². The number of ether oxygens (including phenoxy) is 1. The molecule has 5 heteroatoms. The largest absolute Gasteiger partial charge is 0.486 e. The monoisotopic (exact) mass is 310 g/mol. The normalized spacial score (nSPS) is 12.3. The van der Waals surface area contributed by atoms with E-state index in [0.29, 0.717) is 6.61 Å². The summed E-state index contributed by atoms with van der Waals surface area (Å²) in [5, 5.41) is 7.11. The van der Waals surface area contributed by atoms with E-state index in [4.69, 9.17) is 16.3 Å². The molecule has 2 aromatic rings. The van der Waals surface area contributed by atoms with E-state index in [0.717, 1.165) is 34.3 Å². The zero-order valence-corrected chi connectivity index (χ0v) is 13.3. The van der Waals surface area contributed by atoms with Crippen molar-refractivity contribution in [3.63, 3.8) is 0 Å². The predicted octanol–water partition coefficient (Wildman–Crippen LogP) is 4.44. The second kappa shape index (κ2) is 7.62. The van der Waals surface area contributed by atoms with Crippen LogP contribution in [-0.2, 0) is 6.61 Å². The molecule has 0 aliphatic carbocycles. The number of halogens is 1. The molecule has 3 nitrogen and oxygen atoms in total. The van der Waals surface area contributed by atoms with Gasteiger partial charge in [0.15, 0.2) is 0 Å². The van der Waals surface area contributed by atoms with Crippen LogP contribution in [0.4, 0.5) is 0 Å². The Balaban J connectivity index is 2.10. The first-order chi connectivity index (χ1) is 9.70. The maximum Gasteiger partial charge on any atom is 0.140 e. The Hall–Kier alpha value is -1.10. The lowest BCUT2D eigenvalue weighted by atomic mass is 10.1. The van der Waals surface area contributed by atoms with Crippen LogP contribution in [0.25, 0.3) is 0 Å². The predicted molar refractivity (Wildman–Crippen MR) is 84.6 cm³/mol. The number of thiazole rings is 1. The number of rotatable bonds is 7. The molecule has 1 aromatic heterocycles. The molecule has 0 spiro atoms. The Morgan fingerprint density at radius 3 is 3.00 bits per heavy atom. The first kappa shape index (κ1) is 15.3. The zero-order valence-electron chi connectivity index (χ0n) is 11.7. The van der Waals surface area contributed by atoms with Gasteiger partial charge in [0.1, 0.15) is 17.4 Å². The van der Waals surface area contributed by atoms with Crippen LogP contribution in [0.1, 0.15) is 36.9 Å².